The van der Waals surface area contributed by atoms with E-state index in [0.717, 1.165) is 47.5 Å². The van der Waals surface area contributed by atoms with Gasteiger partial charge in [-0.1, -0.05) is 13.0 Å². The normalized spacial score (nSPS) is 15.6. The van der Waals surface area contributed by atoms with Crippen LogP contribution in [0.15, 0.2) is 29.2 Å². The lowest BCUT2D eigenvalue weighted by atomic mass is 10.1. The van der Waals surface area contributed by atoms with Crippen LogP contribution in [0.2, 0.25) is 0 Å². The van der Waals surface area contributed by atoms with E-state index in [1.807, 2.05) is 23.6 Å². The van der Waals surface area contributed by atoms with E-state index in [4.69, 9.17) is 0 Å². The van der Waals surface area contributed by atoms with Gasteiger partial charge in [-0.25, -0.2) is 4.98 Å². The van der Waals surface area contributed by atoms with Gasteiger partial charge in [0.25, 0.3) is 11.5 Å². The highest BCUT2D eigenvalue weighted by Gasteiger charge is 2.29. The van der Waals surface area contributed by atoms with Crippen LogP contribution in [-0.4, -0.2) is 37.0 Å². The zero-order valence-electron chi connectivity index (χ0n) is 18.2. The van der Waals surface area contributed by atoms with E-state index in [2.05, 4.69) is 33.2 Å². The van der Waals surface area contributed by atoms with Crippen LogP contribution in [0, 0.1) is 12.8 Å². The summed E-state index contributed by atoms with van der Waals surface area (Å²) in [6, 6.07) is 5.88. The quantitative estimate of drug-likeness (QED) is 0.539. The average Bonchev–Trinajstić information content (AvgIpc) is 3.35. The van der Waals surface area contributed by atoms with E-state index in [1.54, 1.807) is 11.0 Å². The third-order valence-electron chi connectivity index (χ3n) is 6.68. The molecule has 162 valence electrons. The van der Waals surface area contributed by atoms with E-state index in [0.29, 0.717) is 29.2 Å². The summed E-state index contributed by atoms with van der Waals surface area (Å²) in [4.78, 5) is 35.4. The molecule has 1 saturated carbocycles. The Balaban J connectivity index is 1.45. The minimum absolute atomic E-state index is 0.0946. The Bertz CT molecular complexity index is 1460. The molecule has 8 nitrogen and oxygen atoms in total. The van der Waals surface area contributed by atoms with Crippen LogP contribution in [-0.2, 0) is 19.3 Å². The molecule has 4 aromatic rings. The highest BCUT2D eigenvalue weighted by Crippen LogP contribution is 2.33. The smallest absolute Gasteiger partial charge is 0.294 e. The zero-order chi connectivity index (χ0) is 22.0. The maximum atomic E-state index is 13.5. The predicted octanol–water partition coefficient (Wildman–Crippen LogP) is 2.99. The number of nitrogens with zero attached hydrogens (tertiary/aromatic N) is 5. The van der Waals surface area contributed by atoms with Crippen LogP contribution < -0.4 is 10.5 Å². The molecule has 0 saturated heterocycles. The fraction of sp³-hybridized carbons (Fsp3) is 0.375. The highest BCUT2D eigenvalue weighted by atomic mass is 16.2. The lowest BCUT2D eigenvalue weighted by Crippen LogP contribution is -2.30. The number of benzene rings is 1. The van der Waals surface area contributed by atoms with Gasteiger partial charge in [-0.2, -0.15) is 0 Å². The third kappa shape index (κ3) is 2.93. The summed E-state index contributed by atoms with van der Waals surface area (Å²) in [7, 11) is 0. The van der Waals surface area contributed by atoms with Gasteiger partial charge >= 0.3 is 0 Å². The third-order valence-corrected chi connectivity index (χ3v) is 6.68. The van der Waals surface area contributed by atoms with Gasteiger partial charge in [-0.15, -0.1) is 10.2 Å². The van der Waals surface area contributed by atoms with E-state index < -0.39 is 0 Å². The first-order valence-electron chi connectivity index (χ1n) is 11.2. The van der Waals surface area contributed by atoms with Crippen LogP contribution in [0.5, 0.6) is 0 Å². The predicted molar refractivity (Wildman–Crippen MR) is 121 cm³/mol. The number of pyridine rings is 1. The molecule has 1 aromatic carbocycles. The topological polar surface area (TPSA) is 96.2 Å². The molecule has 1 fully saturated rings. The van der Waals surface area contributed by atoms with Gasteiger partial charge < -0.3 is 4.98 Å². The van der Waals surface area contributed by atoms with Crippen molar-refractivity contribution in [3.05, 3.63) is 62.8 Å². The summed E-state index contributed by atoms with van der Waals surface area (Å²) in [6.45, 7) is 4.64. The van der Waals surface area contributed by atoms with Crippen molar-refractivity contribution in [2.45, 2.75) is 46.0 Å². The Morgan fingerprint density at radius 1 is 1.22 bits per heavy atom. The lowest BCUT2D eigenvalue weighted by Gasteiger charge is -2.18. The Hall–Kier alpha value is -3.55. The second kappa shape index (κ2) is 6.98. The molecule has 0 atom stereocenters. The molecule has 0 bridgehead atoms. The minimum Gasteiger partial charge on any atom is -0.317 e. The Morgan fingerprint density at radius 2 is 2.06 bits per heavy atom. The fourth-order valence-corrected chi connectivity index (χ4v) is 4.67. The van der Waals surface area contributed by atoms with Gasteiger partial charge in [0, 0.05) is 24.7 Å². The highest BCUT2D eigenvalue weighted by molar-refractivity contribution is 6.09. The van der Waals surface area contributed by atoms with Gasteiger partial charge in [-0.05, 0) is 67.3 Å². The molecule has 4 heterocycles. The van der Waals surface area contributed by atoms with Crippen LogP contribution in [0.25, 0.3) is 16.7 Å². The number of rotatable bonds is 4. The molecule has 3 aromatic heterocycles. The van der Waals surface area contributed by atoms with Crippen molar-refractivity contribution >= 4 is 28.4 Å². The number of hydrogen-bond donors (Lipinski definition) is 1. The summed E-state index contributed by atoms with van der Waals surface area (Å²) in [5.41, 5.74) is 5.14. The SMILES string of the molecule is CCc1cnc2c(c1)CCN2C(=O)c1cc2[nH]c(=O)c3nnc(CC4CC4)n3c2cc1C. The fourth-order valence-electron chi connectivity index (χ4n) is 4.67. The molecule has 1 aliphatic heterocycles. The number of anilines is 1. The summed E-state index contributed by atoms with van der Waals surface area (Å²) < 4.78 is 1.85. The minimum atomic E-state index is -0.297. The van der Waals surface area contributed by atoms with Crippen LogP contribution in [0.3, 0.4) is 0 Å². The van der Waals surface area contributed by atoms with Crippen molar-refractivity contribution in [1.29, 1.82) is 0 Å². The van der Waals surface area contributed by atoms with Crippen molar-refractivity contribution in [1.82, 2.24) is 24.6 Å². The van der Waals surface area contributed by atoms with E-state index in [-0.39, 0.29) is 11.5 Å². The van der Waals surface area contributed by atoms with E-state index in [9.17, 15) is 9.59 Å². The van der Waals surface area contributed by atoms with Crippen molar-refractivity contribution in [2.24, 2.45) is 5.92 Å². The first kappa shape index (κ1) is 19.2. The summed E-state index contributed by atoms with van der Waals surface area (Å²) in [6.07, 6.45) is 6.77. The molecular formula is C24H24N6O2. The summed E-state index contributed by atoms with van der Waals surface area (Å²) >= 11 is 0. The van der Waals surface area contributed by atoms with Gasteiger partial charge in [-0.3, -0.25) is 18.9 Å². The average molecular weight is 428 g/mol. The molecular weight excluding hydrogens is 404 g/mol. The zero-order valence-corrected chi connectivity index (χ0v) is 18.2. The molecule has 32 heavy (non-hydrogen) atoms. The van der Waals surface area contributed by atoms with Crippen LogP contribution in [0.4, 0.5) is 5.82 Å². The van der Waals surface area contributed by atoms with Gasteiger partial charge in [0.05, 0.1) is 11.0 Å². The molecule has 6 rings (SSSR count). The molecule has 0 spiro atoms. The van der Waals surface area contributed by atoms with Crippen molar-refractivity contribution in [2.75, 3.05) is 11.4 Å². The number of H-pyrrole nitrogens is 1. The number of aromatic nitrogens is 5. The maximum absolute atomic E-state index is 13.5. The molecule has 8 heteroatoms. The van der Waals surface area contributed by atoms with Gasteiger partial charge in [0.2, 0.25) is 5.65 Å². The second-order valence-electron chi connectivity index (χ2n) is 8.95. The molecule has 0 radical (unpaired) electrons. The molecule has 1 amide bonds. The monoisotopic (exact) mass is 428 g/mol. The number of aromatic amines is 1. The number of fused-ring (bicyclic) bond motifs is 4. The van der Waals surface area contributed by atoms with Gasteiger partial charge in [0.1, 0.15) is 11.6 Å². The number of carbonyl (C=O) groups is 1. The van der Waals surface area contributed by atoms with Crippen LogP contribution >= 0.6 is 0 Å². The first-order valence-corrected chi connectivity index (χ1v) is 11.2. The number of hydrogen-bond acceptors (Lipinski definition) is 5. The largest absolute Gasteiger partial charge is 0.317 e. The molecule has 1 N–H and O–H groups in total. The van der Waals surface area contributed by atoms with Crippen LogP contribution in [0.1, 0.15) is 52.6 Å². The molecule has 0 unspecified atom stereocenters. The molecule has 2 aliphatic rings. The number of amides is 1. The van der Waals surface area contributed by atoms with Crippen molar-refractivity contribution in [3.63, 3.8) is 0 Å². The van der Waals surface area contributed by atoms with Crippen molar-refractivity contribution in [3.8, 4) is 0 Å². The summed E-state index contributed by atoms with van der Waals surface area (Å²) in [5.74, 6) is 2.07. The van der Waals surface area contributed by atoms with Gasteiger partial charge in [0.15, 0.2) is 0 Å². The van der Waals surface area contributed by atoms with Crippen molar-refractivity contribution < 1.29 is 4.79 Å². The van der Waals surface area contributed by atoms with E-state index >= 15 is 0 Å². The Kier molecular flexibility index (Phi) is 4.18. The second-order valence-corrected chi connectivity index (χ2v) is 8.95. The first-order chi connectivity index (χ1) is 15.5. The van der Waals surface area contributed by atoms with E-state index in [1.165, 1.54) is 18.4 Å². The standard InChI is InChI=1S/C24H24N6O2/c1-3-14-9-16-6-7-29(21(16)25-12-14)24(32)17-11-18-19(8-13(17)2)30-20(10-15-4-5-15)27-28-22(30)23(31)26-18/h8-9,11-12,15H,3-7,10H2,1-2H3,(H,26,31). The number of carbonyl (C=O) groups excluding carboxylic acids is 1. The Morgan fingerprint density at radius 3 is 2.84 bits per heavy atom. The number of aryl methyl sites for hydroxylation is 2. The number of nitrogens with one attached hydrogen (secondary N) is 1. The Labute approximate surface area is 184 Å². The molecule has 1 aliphatic carbocycles. The maximum Gasteiger partial charge on any atom is 0.294 e. The lowest BCUT2D eigenvalue weighted by molar-refractivity contribution is 0.0988. The summed E-state index contributed by atoms with van der Waals surface area (Å²) in [5, 5.41) is 8.41.